The Morgan fingerprint density at radius 2 is 2.04 bits per heavy atom. The number of pyridine rings is 1. The third-order valence-corrected chi connectivity index (χ3v) is 3.44. The molecular weight excluding hydrogens is 306 g/mol. The Morgan fingerprint density at radius 3 is 2.83 bits per heavy atom. The van der Waals surface area contributed by atoms with E-state index in [2.05, 4.69) is 32.4 Å². The molecule has 24 heavy (non-hydrogen) atoms. The number of para-hydroxylation sites is 1. The van der Waals surface area contributed by atoms with Gasteiger partial charge in [-0.15, -0.1) is 5.10 Å². The molecule has 7 nitrogen and oxygen atoms in total. The highest BCUT2D eigenvalue weighted by Crippen LogP contribution is 2.18. The van der Waals surface area contributed by atoms with Crippen molar-refractivity contribution >= 4 is 5.95 Å². The van der Waals surface area contributed by atoms with Gasteiger partial charge in [0, 0.05) is 6.20 Å². The van der Waals surface area contributed by atoms with Crippen molar-refractivity contribution in [1.29, 1.82) is 0 Å². The summed E-state index contributed by atoms with van der Waals surface area (Å²) in [6.45, 7) is 2.15. The number of nitrogens with one attached hydrogen (secondary N) is 2. The molecule has 1 atom stereocenters. The molecule has 0 spiro atoms. The van der Waals surface area contributed by atoms with Crippen LogP contribution in [-0.2, 0) is 6.42 Å². The zero-order valence-corrected chi connectivity index (χ0v) is 13.3. The summed E-state index contributed by atoms with van der Waals surface area (Å²) in [6.07, 6.45) is 1.62. The summed E-state index contributed by atoms with van der Waals surface area (Å²) >= 11 is 0. The maximum atomic E-state index is 10.1. The summed E-state index contributed by atoms with van der Waals surface area (Å²) in [4.78, 5) is 8.44. The first kappa shape index (κ1) is 15.9. The number of anilines is 1. The monoisotopic (exact) mass is 325 g/mol. The predicted octanol–water partition coefficient (Wildman–Crippen LogP) is 2.24. The summed E-state index contributed by atoms with van der Waals surface area (Å²) < 4.78 is 5.66. The van der Waals surface area contributed by atoms with Crippen molar-refractivity contribution in [2.75, 3.05) is 11.9 Å². The molecule has 3 aromatic rings. The number of aliphatic hydroxyl groups is 1. The minimum absolute atomic E-state index is 0.0878. The number of aryl methyl sites for hydroxylation is 1. The number of benzene rings is 1. The van der Waals surface area contributed by atoms with Crippen LogP contribution >= 0.6 is 0 Å². The molecule has 2 heterocycles. The van der Waals surface area contributed by atoms with E-state index in [1.54, 1.807) is 6.20 Å². The van der Waals surface area contributed by atoms with Gasteiger partial charge in [0.15, 0.2) is 12.1 Å². The molecule has 7 heteroatoms. The molecule has 0 radical (unpaired) electrons. The van der Waals surface area contributed by atoms with Gasteiger partial charge in [-0.05, 0) is 30.2 Å². The Morgan fingerprint density at radius 1 is 1.21 bits per heavy atom. The molecule has 3 N–H and O–H groups in total. The highest BCUT2D eigenvalue weighted by molar-refractivity contribution is 5.50. The van der Waals surface area contributed by atoms with Crippen LogP contribution in [0.1, 0.15) is 12.5 Å². The first-order valence-electron chi connectivity index (χ1n) is 7.75. The van der Waals surface area contributed by atoms with E-state index in [1.807, 2.05) is 42.5 Å². The lowest BCUT2D eigenvalue weighted by Gasteiger charge is -2.14. The molecular formula is C17H19N5O2. The molecule has 0 saturated carbocycles. The highest BCUT2D eigenvalue weighted by atomic mass is 16.5. The number of aromatic amines is 1. The molecule has 1 aromatic carbocycles. The predicted molar refractivity (Wildman–Crippen MR) is 90.6 cm³/mol. The molecule has 124 valence electrons. The second-order valence-electron chi connectivity index (χ2n) is 5.16. The van der Waals surface area contributed by atoms with Crippen LogP contribution in [0, 0.1) is 0 Å². The van der Waals surface area contributed by atoms with E-state index < -0.39 is 6.23 Å². The van der Waals surface area contributed by atoms with Gasteiger partial charge < -0.3 is 15.2 Å². The van der Waals surface area contributed by atoms with Gasteiger partial charge in [-0.25, -0.2) is 0 Å². The first-order valence-corrected chi connectivity index (χ1v) is 7.75. The van der Waals surface area contributed by atoms with Crippen LogP contribution in [0.4, 0.5) is 5.95 Å². The normalized spacial score (nSPS) is 11.9. The second kappa shape index (κ2) is 7.56. The number of hydrogen-bond acceptors (Lipinski definition) is 6. The average molecular weight is 325 g/mol. The second-order valence-corrected chi connectivity index (χ2v) is 5.16. The maximum absolute atomic E-state index is 10.1. The fraction of sp³-hybridized carbons (Fsp3) is 0.235. The summed E-state index contributed by atoms with van der Waals surface area (Å²) in [5.41, 5.74) is 1.78. The van der Waals surface area contributed by atoms with Crippen LogP contribution in [0.25, 0.3) is 11.5 Å². The molecule has 1 unspecified atom stereocenters. The third kappa shape index (κ3) is 3.88. The smallest absolute Gasteiger partial charge is 0.244 e. The number of aromatic nitrogens is 4. The molecule has 0 aliphatic carbocycles. The number of ether oxygens (including phenoxy) is 1. The molecule has 0 fully saturated rings. The van der Waals surface area contributed by atoms with Crippen LogP contribution in [0.5, 0.6) is 5.75 Å². The summed E-state index contributed by atoms with van der Waals surface area (Å²) in [5.74, 6) is 1.59. The lowest BCUT2D eigenvalue weighted by molar-refractivity contribution is 0.128. The molecule has 0 bridgehead atoms. The van der Waals surface area contributed by atoms with Crippen molar-refractivity contribution in [3.63, 3.8) is 0 Å². The number of rotatable bonds is 7. The average Bonchev–Trinajstić information content (AvgIpc) is 3.09. The van der Waals surface area contributed by atoms with Crippen molar-refractivity contribution < 1.29 is 9.84 Å². The van der Waals surface area contributed by atoms with Crippen LogP contribution in [-0.4, -0.2) is 38.1 Å². The van der Waals surface area contributed by atoms with Crippen molar-refractivity contribution in [3.8, 4) is 17.3 Å². The van der Waals surface area contributed by atoms with E-state index in [-0.39, 0.29) is 12.6 Å². The summed E-state index contributed by atoms with van der Waals surface area (Å²) in [6, 6.07) is 13.3. The number of aliphatic hydroxyl groups excluding tert-OH is 1. The van der Waals surface area contributed by atoms with E-state index in [0.29, 0.717) is 11.5 Å². The van der Waals surface area contributed by atoms with Crippen LogP contribution in [0.2, 0.25) is 0 Å². The van der Waals surface area contributed by atoms with Crippen LogP contribution in [0.3, 0.4) is 0 Å². The van der Waals surface area contributed by atoms with Gasteiger partial charge in [-0.2, -0.15) is 4.98 Å². The molecule has 3 rings (SSSR count). The lowest BCUT2D eigenvalue weighted by atomic mass is 10.1. The SMILES string of the molecule is CCc1ccccc1OCC(O)Nc1n[nH]c(-c2ccccn2)n1. The van der Waals surface area contributed by atoms with Gasteiger partial charge in [0.25, 0.3) is 0 Å². The van der Waals surface area contributed by atoms with Crippen LogP contribution < -0.4 is 10.1 Å². The Bertz CT molecular complexity index is 775. The van der Waals surface area contributed by atoms with E-state index in [1.165, 1.54) is 0 Å². The molecule has 0 saturated heterocycles. The minimum Gasteiger partial charge on any atom is -0.489 e. The van der Waals surface area contributed by atoms with E-state index in [0.717, 1.165) is 17.7 Å². The van der Waals surface area contributed by atoms with Gasteiger partial charge in [0.05, 0.1) is 0 Å². The minimum atomic E-state index is -0.928. The Kier molecular flexibility index (Phi) is 5.02. The van der Waals surface area contributed by atoms with Gasteiger partial charge in [-0.1, -0.05) is 31.2 Å². The Hall–Kier alpha value is -2.93. The largest absolute Gasteiger partial charge is 0.489 e. The van der Waals surface area contributed by atoms with E-state index in [9.17, 15) is 5.11 Å². The fourth-order valence-corrected chi connectivity index (χ4v) is 2.24. The van der Waals surface area contributed by atoms with E-state index in [4.69, 9.17) is 4.74 Å². The Balaban J connectivity index is 1.57. The quantitative estimate of drug-likeness (QED) is 0.577. The highest BCUT2D eigenvalue weighted by Gasteiger charge is 2.11. The lowest BCUT2D eigenvalue weighted by Crippen LogP contribution is -2.27. The van der Waals surface area contributed by atoms with Gasteiger partial charge >= 0.3 is 0 Å². The molecule has 0 aliphatic heterocycles. The zero-order chi connectivity index (χ0) is 16.8. The number of nitrogens with zero attached hydrogens (tertiary/aromatic N) is 3. The van der Waals surface area contributed by atoms with E-state index >= 15 is 0 Å². The molecule has 0 aliphatic rings. The Labute approximate surface area is 139 Å². The summed E-state index contributed by atoms with van der Waals surface area (Å²) in [5, 5.41) is 19.7. The fourth-order valence-electron chi connectivity index (χ4n) is 2.24. The molecule has 0 amide bonds. The maximum Gasteiger partial charge on any atom is 0.244 e. The van der Waals surface area contributed by atoms with Crippen molar-refractivity contribution in [2.24, 2.45) is 0 Å². The summed E-state index contributed by atoms with van der Waals surface area (Å²) in [7, 11) is 0. The zero-order valence-electron chi connectivity index (χ0n) is 13.3. The van der Waals surface area contributed by atoms with Gasteiger partial charge in [0.1, 0.15) is 18.1 Å². The van der Waals surface area contributed by atoms with Crippen molar-refractivity contribution in [3.05, 3.63) is 54.2 Å². The third-order valence-electron chi connectivity index (χ3n) is 3.44. The van der Waals surface area contributed by atoms with Gasteiger partial charge in [0.2, 0.25) is 5.95 Å². The van der Waals surface area contributed by atoms with Crippen molar-refractivity contribution in [2.45, 2.75) is 19.6 Å². The standard InChI is InChI=1S/C17H19N5O2/c1-2-12-7-3-4-9-14(12)24-11-15(23)19-17-20-16(21-22-17)13-8-5-6-10-18-13/h3-10,15,23H,2,11H2,1H3,(H2,19,20,21,22). The van der Waals surface area contributed by atoms with Crippen LogP contribution in [0.15, 0.2) is 48.7 Å². The number of hydrogen-bond donors (Lipinski definition) is 3. The first-order chi connectivity index (χ1) is 11.8. The topological polar surface area (TPSA) is 96.0 Å². The number of H-pyrrole nitrogens is 1. The van der Waals surface area contributed by atoms with Crippen molar-refractivity contribution in [1.82, 2.24) is 20.2 Å². The molecule has 2 aromatic heterocycles. The van der Waals surface area contributed by atoms with Gasteiger partial charge in [-0.3, -0.25) is 10.1 Å².